The van der Waals surface area contributed by atoms with Gasteiger partial charge in [-0.3, -0.25) is 9.79 Å². The number of alkyl carbamates (subject to hydrolysis) is 1. The van der Waals surface area contributed by atoms with Crippen LogP contribution in [0.1, 0.15) is 24.8 Å². The summed E-state index contributed by atoms with van der Waals surface area (Å²) in [7, 11) is 0. The summed E-state index contributed by atoms with van der Waals surface area (Å²) in [5.74, 6) is -1.01. The average Bonchev–Trinajstić information content (AvgIpc) is 3.51. The Morgan fingerprint density at radius 2 is 2.09 bits per heavy atom. The Balaban J connectivity index is 1.33. The fraction of sp³-hybridized carbons (Fsp3) is 0.476. The van der Waals surface area contributed by atoms with Crippen LogP contribution in [0.15, 0.2) is 40.5 Å². The number of amides is 2. The van der Waals surface area contributed by atoms with E-state index in [4.69, 9.17) is 9.57 Å². The molecule has 2 aliphatic rings. The summed E-state index contributed by atoms with van der Waals surface area (Å²) < 4.78 is 5.02. The number of nitrogens with zero attached hydrogens (tertiary/aromatic N) is 2. The number of aliphatic carboxylic acids is 1. The van der Waals surface area contributed by atoms with Crippen LogP contribution in [0.2, 0.25) is 0 Å². The summed E-state index contributed by atoms with van der Waals surface area (Å²) in [5, 5.41) is 24.3. The summed E-state index contributed by atoms with van der Waals surface area (Å²) in [6.45, 7) is 2.01. The molecule has 0 spiro atoms. The molecule has 2 amide bonds. The summed E-state index contributed by atoms with van der Waals surface area (Å²) in [6, 6.07) is 7.63. The van der Waals surface area contributed by atoms with Crippen molar-refractivity contribution >= 4 is 29.6 Å². The molecule has 2 atom stereocenters. The molecular formula is C21H28N6O6. The molecule has 178 valence electrons. The number of guanidine groups is 1. The molecule has 2 aliphatic heterocycles. The monoisotopic (exact) mass is 460 g/mol. The van der Waals surface area contributed by atoms with Crippen LogP contribution in [0.5, 0.6) is 0 Å². The smallest absolute Gasteiger partial charge is 0.408 e. The van der Waals surface area contributed by atoms with Crippen molar-refractivity contribution in [2.75, 3.05) is 26.2 Å². The van der Waals surface area contributed by atoms with E-state index in [0.29, 0.717) is 19.4 Å². The minimum Gasteiger partial charge on any atom is -0.480 e. The predicted octanol–water partition coefficient (Wildman–Crippen LogP) is -0.0439. The maximum Gasteiger partial charge on any atom is 0.408 e. The van der Waals surface area contributed by atoms with E-state index in [1.807, 2.05) is 6.07 Å². The topological polar surface area (TPSA) is 163 Å². The van der Waals surface area contributed by atoms with Gasteiger partial charge >= 0.3 is 12.1 Å². The second-order valence-electron chi connectivity index (χ2n) is 7.49. The molecule has 0 saturated heterocycles. The van der Waals surface area contributed by atoms with Crippen LogP contribution in [-0.2, 0) is 25.8 Å². The van der Waals surface area contributed by atoms with Crippen molar-refractivity contribution < 1.29 is 29.1 Å². The van der Waals surface area contributed by atoms with Gasteiger partial charge in [-0.25, -0.2) is 9.59 Å². The minimum absolute atomic E-state index is 0.00153. The highest BCUT2D eigenvalue weighted by atomic mass is 16.6. The zero-order valence-electron chi connectivity index (χ0n) is 18.1. The molecule has 12 nitrogen and oxygen atoms in total. The average molecular weight is 460 g/mol. The lowest BCUT2D eigenvalue weighted by atomic mass is 10.1. The number of carboxylic acid groups (broad SMARTS) is 1. The Kier molecular flexibility index (Phi) is 8.86. The SMILES string of the molecule is O=C(NC(CNC(=O)C1CC(CCCNC2=NCCN2)=NO1)C(=O)O)OCc1ccccc1. The highest BCUT2D eigenvalue weighted by Gasteiger charge is 2.29. The van der Waals surface area contributed by atoms with Gasteiger partial charge in [0.1, 0.15) is 12.6 Å². The third-order valence-corrected chi connectivity index (χ3v) is 4.91. The summed E-state index contributed by atoms with van der Waals surface area (Å²) >= 11 is 0. The first-order valence-electron chi connectivity index (χ1n) is 10.7. The van der Waals surface area contributed by atoms with Gasteiger partial charge in [-0.05, 0) is 18.4 Å². The first-order chi connectivity index (χ1) is 16.0. The Labute approximate surface area is 190 Å². The van der Waals surface area contributed by atoms with E-state index in [0.717, 1.165) is 36.7 Å². The second-order valence-corrected chi connectivity index (χ2v) is 7.49. The first kappa shape index (κ1) is 23.8. The molecule has 0 saturated carbocycles. The van der Waals surface area contributed by atoms with Gasteiger partial charge in [0, 0.05) is 26.1 Å². The Bertz CT molecular complexity index is 890. The number of carboxylic acids is 1. The third kappa shape index (κ3) is 7.98. The molecule has 0 aliphatic carbocycles. The van der Waals surface area contributed by atoms with Gasteiger partial charge in [-0.15, -0.1) is 0 Å². The Morgan fingerprint density at radius 1 is 1.27 bits per heavy atom. The number of aliphatic imine (C=N–C) groups is 1. The van der Waals surface area contributed by atoms with E-state index in [1.165, 1.54) is 0 Å². The van der Waals surface area contributed by atoms with Gasteiger partial charge in [-0.1, -0.05) is 35.5 Å². The maximum absolute atomic E-state index is 12.3. The van der Waals surface area contributed by atoms with Crippen molar-refractivity contribution in [1.82, 2.24) is 21.3 Å². The van der Waals surface area contributed by atoms with E-state index in [1.54, 1.807) is 24.3 Å². The van der Waals surface area contributed by atoms with Gasteiger partial charge in [-0.2, -0.15) is 0 Å². The lowest BCUT2D eigenvalue weighted by Gasteiger charge is -2.16. The molecule has 1 aromatic carbocycles. The number of rotatable bonds is 11. The summed E-state index contributed by atoms with van der Waals surface area (Å²) in [6.07, 6.45) is 0.0724. The molecule has 1 aromatic rings. The molecule has 12 heteroatoms. The van der Waals surface area contributed by atoms with Gasteiger partial charge in [0.25, 0.3) is 5.91 Å². The van der Waals surface area contributed by atoms with Crippen molar-refractivity contribution in [3.63, 3.8) is 0 Å². The van der Waals surface area contributed by atoms with Crippen LogP contribution < -0.4 is 21.3 Å². The van der Waals surface area contributed by atoms with Gasteiger partial charge in [0.2, 0.25) is 6.10 Å². The van der Waals surface area contributed by atoms with E-state index >= 15 is 0 Å². The number of ether oxygens (including phenoxy) is 1. The van der Waals surface area contributed by atoms with Gasteiger partial charge < -0.3 is 35.9 Å². The zero-order valence-corrected chi connectivity index (χ0v) is 18.1. The minimum atomic E-state index is -1.35. The van der Waals surface area contributed by atoms with E-state index < -0.39 is 30.1 Å². The van der Waals surface area contributed by atoms with Crippen LogP contribution in [0.25, 0.3) is 0 Å². The largest absolute Gasteiger partial charge is 0.480 e. The van der Waals surface area contributed by atoms with Crippen molar-refractivity contribution in [1.29, 1.82) is 0 Å². The molecule has 5 N–H and O–H groups in total. The quantitative estimate of drug-likeness (QED) is 0.287. The molecule has 0 aromatic heterocycles. The lowest BCUT2D eigenvalue weighted by molar-refractivity contribution is -0.139. The molecule has 2 unspecified atom stereocenters. The van der Waals surface area contributed by atoms with Crippen LogP contribution in [-0.4, -0.2) is 73.1 Å². The van der Waals surface area contributed by atoms with Crippen molar-refractivity contribution in [2.24, 2.45) is 10.1 Å². The van der Waals surface area contributed by atoms with Crippen molar-refractivity contribution in [3.8, 4) is 0 Å². The summed E-state index contributed by atoms with van der Waals surface area (Å²) in [5.41, 5.74) is 1.53. The van der Waals surface area contributed by atoms with E-state index in [2.05, 4.69) is 31.4 Å². The number of nitrogens with one attached hydrogen (secondary N) is 4. The molecule has 33 heavy (non-hydrogen) atoms. The first-order valence-corrected chi connectivity index (χ1v) is 10.7. The van der Waals surface area contributed by atoms with Crippen LogP contribution in [0.4, 0.5) is 4.79 Å². The third-order valence-electron chi connectivity index (χ3n) is 4.91. The predicted molar refractivity (Wildman–Crippen MR) is 119 cm³/mol. The van der Waals surface area contributed by atoms with Crippen molar-refractivity contribution in [2.45, 2.75) is 38.0 Å². The molecule has 0 fully saturated rings. The van der Waals surface area contributed by atoms with Crippen LogP contribution >= 0.6 is 0 Å². The molecule has 0 bridgehead atoms. The Morgan fingerprint density at radius 3 is 2.82 bits per heavy atom. The fourth-order valence-corrected chi connectivity index (χ4v) is 3.15. The number of carbonyl (C=O) groups is 3. The number of carbonyl (C=O) groups excluding carboxylic acids is 2. The standard InChI is InChI=1S/C21H28N6O6/c28-18(17-11-15(27-33-17)7-4-8-22-20-23-9-10-24-20)25-12-16(19(29)30)26-21(31)32-13-14-5-2-1-3-6-14/h1-3,5-6,16-17H,4,7-13H2,(H,25,28)(H,26,31)(H,29,30)(H2,22,23,24). The number of benzene rings is 1. The fourth-order valence-electron chi connectivity index (χ4n) is 3.15. The van der Waals surface area contributed by atoms with Crippen LogP contribution in [0.3, 0.4) is 0 Å². The number of oxime groups is 1. The summed E-state index contributed by atoms with van der Waals surface area (Å²) in [4.78, 5) is 45.1. The highest BCUT2D eigenvalue weighted by molar-refractivity contribution is 5.93. The van der Waals surface area contributed by atoms with Crippen LogP contribution in [0, 0.1) is 0 Å². The molecule has 0 radical (unpaired) electrons. The maximum atomic E-state index is 12.3. The van der Waals surface area contributed by atoms with E-state index in [-0.39, 0.29) is 13.2 Å². The zero-order chi connectivity index (χ0) is 23.5. The van der Waals surface area contributed by atoms with Crippen molar-refractivity contribution in [3.05, 3.63) is 35.9 Å². The van der Waals surface area contributed by atoms with Gasteiger partial charge in [0.15, 0.2) is 5.96 Å². The van der Waals surface area contributed by atoms with E-state index in [9.17, 15) is 19.5 Å². The normalized spacial score (nSPS) is 17.6. The molecule has 2 heterocycles. The molecular weight excluding hydrogens is 432 g/mol. The second kappa shape index (κ2) is 12.3. The van der Waals surface area contributed by atoms with Gasteiger partial charge in [0.05, 0.1) is 12.3 Å². The highest BCUT2D eigenvalue weighted by Crippen LogP contribution is 2.14. The Hall–Kier alpha value is -3.83. The lowest BCUT2D eigenvalue weighted by Crippen LogP contribution is -2.50. The molecule has 3 rings (SSSR count). The number of hydrogen-bond donors (Lipinski definition) is 5. The number of hydrogen-bond acceptors (Lipinski definition) is 9.